The second-order valence-electron chi connectivity index (χ2n) is 5.50. The van der Waals surface area contributed by atoms with Gasteiger partial charge >= 0.3 is 0 Å². The van der Waals surface area contributed by atoms with Gasteiger partial charge < -0.3 is 10.6 Å². The Morgan fingerprint density at radius 2 is 2.05 bits per heavy atom. The van der Waals surface area contributed by atoms with Crippen molar-refractivity contribution < 1.29 is 4.79 Å². The highest BCUT2D eigenvalue weighted by Crippen LogP contribution is 2.26. The monoisotopic (exact) mass is 261 g/mol. The topological polar surface area (TPSA) is 49.6 Å². The zero-order valence-electron chi connectivity index (χ0n) is 12.2. The van der Waals surface area contributed by atoms with Gasteiger partial charge in [-0.25, -0.2) is 0 Å². The molecule has 0 aliphatic carbocycles. The van der Waals surface area contributed by atoms with E-state index in [0.717, 1.165) is 17.8 Å². The highest BCUT2D eigenvalue weighted by Gasteiger charge is 2.36. The summed E-state index contributed by atoms with van der Waals surface area (Å²) in [6.45, 7) is 7.31. The molecular formula is C15H23N3O. The van der Waals surface area contributed by atoms with Gasteiger partial charge in [0.25, 0.3) is 0 Å². The number of piperazine rings is 1. The van der Waals surface area contributed by atoms with Crippen LogP contribution in [0.5, 0.6) is 0 Å². The molecule has 1 aliphatic rings. The van der Waals surface area contributed by atoms with Gasteiger partial charge in [0, 0.05) is 24.8 Å². The molecule has 0 bridgehead atoms. The van der Waals surface area contributed by atoms with Crippen molar-refractivity contribution in [3.8, 4) is 0 Å². The van der Waals surface area contributed by atoms with Crippen molar-refractivity contribution in [3.05, 3.63) is 29.3 Å². The van der Waals surface area contributed by atoms with Crippen molar-refractivity contribution in [1.29, 1.82) is 0 Å². The summed E-state index contributed by atoms with van der Waals surface area (Å²) in [5.74, 6) is 0.108. The van der Waals surface area contributed by atoms with Gasteiger partial charge in [-0.3, -0.25) is 9.69 Å². The third-order valence-electron chi connectivity index (χ3n) is 4.06. The zero-order valence-corrected chi connectivity index (χ0v) is 12.2. The first-order valence-electron chi connectivity index (χ1n) is 6.76. The van der Waals surface area contributed by atoms with Crippen LogP contribution in [-0.4, -0.2) is 43.0 Å². The average molecular weight is 261 g/mol. The van der Waals surface area contributed by atoms with Crippen molar-refractivity contribution in [2.75, 3.05) is 25.0 Å². The van der Waals surface area contributed by atoms with Crippen molar-refractivity contribution in [3.63, 3.8) is 0 Å². The van der Waals surface area contributed by atoms with Crippen LogP contribution in [0.15, 0.2) is 18.2 Å². The minimum absolute atomic E-state index is 0.108. The number of anilines is 1. The maximum atomic E-state index is 12.6. The number of likely N-dealkylation sites (N-methyl/N-ethyl adjacent to an activating group) is 1. The lowest BCUT2D eigenvalue weighted by atomic mass is 10.0. The van der Waals surface area contributed by atoms with Crippen LogP contribution in [0.25, 0.3) is 0 Å². The molecular weight excluding hydrogens is 238 g/mol. The molecule has 1 aromatic carbocycles. The first kappa shape index (κ1) is 14.0. The van der Waals surface area contributed by atoms with E-state index >= 15 is 0 Å². The van der Waals surface area contributed by atoms with Crippen molar-refractivity contribution in [2.24, 2.45) is 5.73 Å². The fraction of sp³-hybridized carbons (Fsp3) is 0.533. The molecule has 0 spiro atoms. The summed E-state index contributed by atoms with van der Waals surface area (Å²) in [5, 5.41) is 0. The molecule has 1 fully saturated rings. The van der Waals surface area contributed by atoms with E-state index in [1.54, 1.807) is 0 Å². The van der Waals surface area contributed by atoms with Gasteiger partial charge in [-0.1, -0.05) is 12.1 Å². The molecule has 0 radical (unpaired) electrons. The Labute approximate surface area is 115 Å². The van der Waals surface area contributed by atoms with Gasteiger partial charge in [-0.05, 0) is 45.0 Å². The fourth-order valence-electron chi connectivity index (χ4n) is 2.64. The second kappa shape index (κ2) is 5.31. The summed E-state index contributed by atoms with van der Waals surface area (Å²) in [4.78, 5) is 16.5. The average Bonchev–Trinajstić information content (AvgIpc) is 2.38. The second-order valence-corrected chi connectivity index (χ2v) is 5.50. The summed E-state index contributed by atoms with van der Waals surface area (Å²) in [6, 6.07) is 6.32. The van der Waals surface area contributed by atoms with Crippen molar-refractivity contribution in [2.45, 2.75) is 32.9 Å². The van der Waals surface area contributed by atoms with Crippen LogP contribution in [-0.2, 0) is 4.79 Å². The molecule has 0 saturated carbocycles. The molecule has 1 amide bonds. The summed E-state index contributed by atoms with van der Waals surface area (Å²) < 4.78 is 0. The Morgan fingerprint density at radius 3 is 2.68 bits per heavy atom. The van der Waals surface area contributed by atoms with Crippen LogP contribution in [0.4, 0.5) is 5.69 Å². The lowest BCUT2D eigenvalue weighted by molar-refractivity contribution is -0.126. The van der Waals surface area contributed by atoms with Crippen molar-refractivity contribution in [1.82, 2.24) is 4.90 Å². The first-order chi connectivity index (χ1) is 8.95. The largest absolute Gasteiger partial charge is 0.328 e. The summed E-state index contributed by atoms with van der Waals surface area (Å²) in [6.07, 6.45) is 0. The van der Waals surface area contributed by atoms with Crippen LogP contribution in [0.2, 0.25) is 0 Å². The molecule has 4 nitrogen and oxygen atoms in total. The van der Waals surface area contributed by atoms with Crippen LogP contribution in [0.3, 0.4) is 0 Å². The minimum atomic E-state index is -0.219. The van der Waals surface area contributed by atoms with Gasteiger partial charge in [0.05, 0.1) is 0 Å². The van der Waals surface area contributed by atoms with E-state index < -0.39 is 0 Å². The maximum absolute atomic E-state index is 12.6. The molecule has 4 heteroatoms. The normalized spacial score (nSPS) is 24.9. The molecule has 2 atom stereocenters. The molecule has 1 aliphatic heterocycles. The lowest BCUT2D eigenvalue weighted by Gasteiger charge is -2.43. The predicted octanol–water partition coefficient (Wildman–Crippen LogP) is 1.30. The number of carbonyl (C=O) groups excluding carboxylic acids is 1. The smallest absolute Gasteiger partial charge is 0.245 e. The standard InChI is InChI=1S/C15H23N3O/c1-10-5-6-11(2)13(7-10)18-9-12(3)17(4)14(8-16)15(18)19/h5-7,12,14H,8-9,16H2,1-4H3. The number of hydrogen-bond acceptors (Lipinski definition) is 3. The fourth-order valence-corrected chi connectivity index (χ4v) is 2.64. The zero-order chi connectivity index (χ0) is 14.2. The number of carbonyl (C=O) groups is 1. The number of benzene rings is 1. The molecule has 1 heterocycles. The van der Waals surface area contributed by atoms with Gasteiger partial charge in [-0.15, -0.1) is 0 Å². The molecule has 1 aromatic rings. The number of nitrogens with two attached hydrogens (primary N) is 1. The number of aryl methyl sites for hydroxylation is 2. The van der Waals surface area contributed by atoms with E-state index in [4.69, 9.17) is 5.73 Å². The van der Waals surface area contributed by atoms with Gasteiger partial charge in [-0.2, -0.15) is 0 Å². The number of amides is 1. The van der Waals surface area contributed by atoms with Crippen LogP contribution in [0, 0.1) is 13.8 Å². The van der Waals surface area contributed by atoms with E-state index in [-0.39, 0.29) is 11.9 Å². The predicted molar refractivity (Wildman–Crippen MR) is 78.3 cm³/mol. The maximum Gasteiger partial charge on any atom is 0.245 e. The highest BCUT2D eigenvalue weighted by atomic mass is 16.2. The van der Waals surface area contributed by atoms with Crippen LogP contribution < -0.4 is 10.6 Å². The third-order valence-corrected chi connectivity index (χ3v) is 4.06. The van der Waals surface area contributed by atoms with E-state index in [1.165, 1.54) is 5.56 Å². The van der Waals surface area contributed by atoms with E-state index in [2.05, 4.69) is 30.0 Å². The molecule has 1 saturated heterocycles. The summed E-state index contributed by atoms with van der Waals surface area (Å²) in [7, 11) is 1.97. The molecule has 19 heavy (non-hydrogen) atoms. The minimum Gasteiger partial charge on any atom is -0.328 e. The number of hydrogen-bond donors (Lipinski definition) is 1. The quantitative estimate of drug-likeness (QED) is 0.873. The van der Waals surface area contributed by atoms with Crippen LogP contribution >= 0.6 is 0 Å². The van der Waals surface area contributed by atoms with Gasteiger partial charge in [0.15, 0.2) is 0 Å². The lowest BCUT2D eigenvalue weighted by Crippen LogP contribution is -2.62. The van der Waals surface area contributed by atoms with E-state index in [1.807, 2.05) is 25.8 Å². The van der Waals surface area contributed by atoms with E-state index in [9.17, 15) is 4.79 Å². The van der Waals surface area contributed by atoms with Crippen LogP contribution in [0.1, 0.15) is 18.1 Å². The molecule has 104 valence electrons. The number of nitrogens with zero attached hydrogens (tertiary/aromatic N) is 2. The summed E-state index contributed by atoms with van der Waals surface area (Å²) in [5.41, 5.74) is 9.08. The van der Waals surface area contributed by atoms with Gasteiger partial charge in [0.1, 0.15) is 6.04 Å². The molecule has 2 N–H and O–H groups in total. The molecule has 2 unspecified atom stereocenters. The molecule has 0 aromatic heterocycles. The Hall–Kier alpha value is -1.39. The van der Waals surface area contributed by atoms with Gasteiger partial charge in [0.2, 0.25) is 5.91 Å². The SMILES string of the molecule is Cc1ccc(C)c(N2CC(C)N(C)C(CN)C2=O)c1. The number of rotatable bonds is 2. The van der Waals surface area contributed by atoms with E-state index in [0.29, 0.717) is 12.6 Å². The van der Waals surface area contributed by atoms with Crippen molar-refractivity contribution >= 4 is 11.6 Å². The first-order valence-corrected chi connectivity index (χ1v) is 6.76. The highest BCUT2D eigenvalue weighted by molar-refractivity contribution is 5.99. The Balaban J connectivity index is 2.38. The Kier molecular flexibility index (Phi) is 3.92. The molecule has 2 rings (SSSR count). The third kappa shape index (κ3) is 2.51. The Bertz CT molecular complexity index is 486. The Morgan fingerprint density at radius 1 is 1.37 bits per heavy atom. The summed E-state index contributed by atoms with van der Waals surface area (Å²) >= 11 is 0.